The molecule has 0 aliphatic heterocycles. The molecule has 3 N–H and O–H groups in total. The fourth-order valence-electron chi connectivity index (χ4n) is 0.260. The lowest BCUT2D eigenvalue weighted by Gasteiger charge is -1.94. The molecule has 0 aromatic carbocycles. The predicted octanol–water partition coefficient (Wildman–Crippen LogP) is 0.318. The van der Waals surface area contributed by atoms with Gasteiger partial charge in [0.05, 0.1) is 0 Å². The van der Waals surface area contributed by atoms with Gasteiger partial charge in [-0.05, 0) is 6.26 Å². The van der Waals surface area contributed by atoms with Crippen LogP contribution in [0.4, 0.5) is 4.79 Å². The van der Waals surface area contributed by atoms with Crippen molar-refractivity contribution >= 4 is 24.3 Å². The molecule has 0 radical (unpaired) electrons. The quantitative estimate of drug-likeness (QED) is 0.431. The monoisotopic (exact) mass is 181 g/mol. The highest BCUT2D eigenvalue weighted by Gasteiger charge is 1.89. The standard InChI is InChI=1S/C4H9NO2S.CH2O2/c1-8-3-2-5-4(6)7;2-1-3/h5H,2-3H2,1H3,(H,6,7);1H,(H,2,3). The molecule has 0 aliphatic rings. The second-order valence-electron chi connectivity index (χ2n) is 1.33. The van der Waals surface area contributed by atoms with E-state index in [4.69, 9.17) is 15.0 Å². The van der Waals surface area contributed by atoms with Crippen LogP contribution in [0.5, 0.6) is 0 Å². The highest BCUT2D eigenvalue weighted by atomic mass is 32.2. The number of carboxylic acid groups (broad SMARTS) is 2. The molecule has 11 heavy (non-hydrogen) atoms. The molecule has 0 aromatic heterocycles. The molecule has 0 fully saturated rings. The third kappa shape index (κ3) is 27.3. The molecule has 66 valence electrons. The van der Waals surface area contributed by atoms with E-state index in [0.717, 1.165) is 5.75 Å². The number of rotatable bonds is 3. The molecule has 1 amide bonds. The van der Waals surface area contributed by atoms with E-state index in [0.29, 0.717) is 6.54 Å². The highest BCUT2D eigenvalue weighted by molar-refractivity contribution is 7.98. The number of hydrogen-bond donors (Lipinski definition) is 3. The Morgan fingerprint density at radius 2 is 2.18 bits per heavy atom. The van der Waals surface area contributed by atoms with E-state index in [1.165, 1.54) is 0 Å². The summed E-state index contributed by atoms with van der Waals surface area (Å²) >= 11 is 1.62. The molecule has 0 spiro atoms. The van der Waals surface area contributed by atoms with Gasteiger partial charge < -0.3 is 15.5 Å². The zero-order valence-corrected chi connectivity index (χ0v) is 6.93. The first-order valence-electron chi connectivity index (χ1n) is 2.72. The maximum absolute atomic E-state index is 9.75. The second-order valence-corrected chi connectivity index (χ2v) is 2.32. The molecule has 0 bridgehead atoms. The Labute approximate surface area is 68.8 Å². The van der Waals surface area contributed by atoms with Gasteiger partial charge in [0.25, 0.3) is 6.47 Å². The van der Waals surface area contributed by atoms with Crippen LogP contribution in [0.25, 0.3) is 0 Å². The number of amides is 1. The topological polar surface area (TPSA) is 86.6 Å². The summed E-state index contributed by atoms with van der Waals surface area (Å²) in [5.41, 5.74) is 0. The van der Waals surface area contributed by atoms with Gasteiger partial charge in [-0.1, -0.05) is 0 Å². The highest BCUT2D eigenvalue weighted by Crippen LogP contribution is 1.86. The molecule has 0 rings (SSSR count). The van der Waals surface area contributed by atoms with Gasteiger partial charge in [0, 0.05) is 12.3 Å². The summed E-state index contributed by atoms with van der Waals surface area (Å²) < 4.78 is 0. The molecule has 5 nitrogen and oxygen atoms in total. The predicted molar refractivity (Wildman–Crippen MR) is 43.1 cm³/mol. The van der Waals surface area contributed by atoms with Gasteiger partial charge in [-0.15, -0.1) is 0 Å². The van der Waals surface area contributed by atoms with Gasteiger partial charge >= 0.3 is 6.09 Å². The Balaban J connectivity index is 0. The van der Waals surface area contributed by atoms with E-state index in [2.05, 4.69) is 5.32 Å². The number of nitrogens with one attached hydrogen (secondary N) is 1. The molecule has 0 heterocycles. The fourth-order valence-corrected chi connectivity index (χ4v) is 0.566. The number of thioether (sulfide) groups is 1. The van der Waals surface area contributed by atoms with E-state index in [-0.39, 0.29) is 6.47 Å². The van der Waals surface area contributed by atoms with Gasteiger partial charge in [-0.3, -0.25) is 4.79 Å². The van der Waals surface area contributed by atoms with Crippen molar-refractivity contribution < 1.29 is 19.8 Å². The third-order valence-corrected chi connectivity index (χ3v) is 1.19. The Morgan fingerprint density at radius 3 is 2.45 bits per heavy atom. The lowest BCUT2D eigenvalue weighted by atomic mass is 10.7. The minimum atomic E-state index is -0.945. The zero-order chi connectivity index (χ0) is 9.11. The SMILES string of the molecule is CSCCNC(=O)O.O=CO. The van der Waals surface area contributed by atoms with E-state index in [1.54, 1.807) is 11.8 Å². The van der Waals surface area contributed by atoms with Crippen molar-refractivity contribution in [2.75, 3.05) is 18.6 Å². The molecule has 0 aromatic rings. The van der Waals surface area contributed by atoms with Crippen LogP contribution >= 0.6 is 11.8 Å². The third-order valence-electron chi connectivity index (χ3n) is 0.582. The first kappa shape index (κ1) is 12.7. The first-order valence-corrected chi connectivity index (χ1v) is 4.12. The van der Waals surface area contributed by atoms with Crippen molar-refractivity contribution in [1.29, 1.82) is 0 Å². The number of hydrogen-bond acceptors (Lipinski definition) is 3. The molecule has 0 aliphatic carbocycles. The molecular formula is C5H11NO4S. The van der Waals surface area contributed by atoms with Gasteiger partial charge in [-0.25, -0.2) is 4.79 Å². The van der Waals surface area contributed by atoms with Crippen LogP contribution in [-0.4, -0.2) is 41.3 Å². The van der Waals surface area contributed by atoms with Crippen molar-refractivity contribution in [2.45, 2.75) is 0 Å². The average Bonchev–Trinajstić information content (AvgIpc) is 1.89. The van der Waals surface area contributed by atoms with Gasteiger partial charge in [0.1, 0.15) is 0 Å². The van der Waals surface area contributed by atoms with Crippen molar-refractivity contribution in [3.05, 3.63) is 0 Å². The maximum Gasteiger partial charge on any atom is 0.404 e. The Kier molecular flexibility index (Phi) is 13.7. The molecule has 0 saturated carbocycles. The van der Waals surface area contributed by atoms with Crippen LogP contribution in [0.1, 0.15) is 0 Å². The number of carbonyl (C=O) groups is 2. The molecule has 0 saturated heterocycles. The van der Waals surface area contributed by atoms with Crippen LogP contribution in [0.3, 0.4) is 0 Å². The van der Waals surface area contributed by atoms with Gasteiger partial charge in [0.15, 0.2) is 0 Å². The van der Waals surface area contributed by atoms with Crippen LogP contribution < -0.4 is 5.32 Å². The Morgan fingerprint density at radius 1 is 1.73 bits per heavy atom. The summed E-state index contributed by atoms with van der Waals surface area (Å²) in [5, 5.41) is 17.2. The summed E-state index contributed by atoms with van der Waals surface area (Å²) in [6.07, 6.45) is 0.989. The first-order chi connectivity index (χ1) is 5.18. The minimum Gasteiger partial charge on any atom is -0.483 e. The van der Waals surface area contributed by atoms with Crippen LogP contribution in [0.2, 0.25) is 0 Å². The zero-order valence-electron chi connectivity index (χ0n) is 6.11. The summed E-state index contributed by atoms with van der Waals surface area (Å²) in [5.74, 6) is 0.840. The van der Waals surface area contributed by atoms with E-state index >= 15 is 0 Å². The largest absolute Gasteiger partial charge is 0.483 e. The summed E-state index contributed by atoms with van der Waals surface area (Å²) in [6.45, 7) is 0.288. The summed E-state index contributed by atoms with van der Waals surface area (Å²) in [6, 6.07) is 0. The van der Waals surface area contributed by atoms with E-state index < -0.39 is 6.09 Å². The van der Waals surface area contributed by atoms with Crippen LogP contribution in [0, 0.1) is 0 Å². The van der Waals surface area contributed by atoms with E-state index in [9.17, 15) is 4.79 Å². The fraction of sp³-hybridized carbons (Fsp3) is 0.600. The lowest BCUT2D eigenvalue weighted by Crippen LogP contribution is -2.23. The Bertz CT molecular complexity index is 109. The average molecular weight is 181 g/mol. The van der Waals surface area contributed by atoms with E-state index in [1.807, 2.05) is 6.26 Å². The van der Waals surface area contributed by atoms with Gasteiger partial charge in [0.2, 0.25) is 0 Å². The van der Waals surface area contributed by atoms with Crippen molar-refractivity contribution in [3.8, 4) is 0 Å². The summed E-state index contributed by atoms with van der Waals surface area (Å²) in [7, 11) is 0. The van der Waals surface area contributed by atoms with Crippen LogP contribution in [-0.2, 0) is 4.79 Å². The van der Waals surface area contributed by atoms with Crippen molar-refractivity contribution in [3.63, 3.8) is 0 Å². The molecule has 0 atom stereocenters. The van der Waals surface area contributed by atoms with Crippen molar-refractivity contribution in [1.82, 2.24) is 5.32 Å². The Hall–Kier alpha value is -0.910. The van der Waals surface area contributed by atoms with Crippen LogP contribution in [0.15, 0.2) is 0 Å². The second kappa shape index (κ2) is 11.8. The molecule has 0 unspecified atom stereocenters. The van der Waals surface area contributed by atoms with Crippen molar-refractivity contribution in [2.24, 2.45) is 0 Å². The maximum atomic E-state index is 9.75. The summed E-state index contributed by atoms with van der Waals surface area (Å²) in [4.78, 5) is 18.1. The lowest BCUT2D eigenvalue weighted by molar-refractivity contribution is -0.122. The minimum absolute atomic E-state index is 0.250. The van der Waals surface area contributed by atoms with Gasteiger partial charge in [-0.2, -0.15) is 11.8 Å². The smallest absolute Gasteiger partial charge is 0.404 e. The molecule has 6 heteroatoms. The normalized spacial score (nSPS) is 7.36. The molecular weight excluding hydrogens is 170 g/mol.